The van der Waals surface area contributed by atoms with Gasteiger partial charge in [0.2, 0.25) is 17.7 Å². The minimum absolute atomic E-state index is 0.0366. The number of nitrogens with one attached hydrogen (secondary N) is 3. The van der Waals surface area contributed by atoms with Gasteiger partial charge in [-0.15, -0.1) is 0 Å². The molecular weight excluding hydrogens is 645 g/mol. The molecule has 0 aromatic heterocycles. The van der Waals surface area contributed by atoms with Gasteiger partial charge in [-0.1, -0.05) is 19.9 Å². The molecule has 5 rings (SSSR count). The number of aliphatic imine (C=N–C) groups is 1. The zero-order valence-electron chi connectivity index (χ0n) is 29.2. The van der Waals surface area contributed by atoms with Crippen LogP contribution in [0.3, 0.4) is 0 Å². The number of morpholine rings is 2. The lowest BCUT2D eigenvalue weighted by atomic mass is 9.88. The molecule has 4 amide bonds. The van der Waals surface area contributed by atoms with E-state index >= 15 is 4.39 Å². The first-order valence-electron chi connectivity index (χ1n) is 18.0. The fraction of sp³-hybridized carbons (Fsp3) is 0.639. The molecule has 14 heteroatoms. The number of anilines is 1. The first kappa shape index (κ1) is 37.4. The number of benzene rings is 1. The van der Waals surface area contributed by atoms with Crippen LogP contribution in [0, 0.1) is 23.6 Å². The minimum atomic E-state index is -0.898. The second-order valence-electron chi connectivity index (χ2n) is 13.6. The summed E-state index contributed by atoms with van der Waals surface area (Å²) in [6.07, 6.45) is 6.80. The molecule has 13 nitrogen and oxygen atoms in total. The fourth-order valence-electron chi connectivity index (χ4n) is 6.85. The molecule has 2 saturated heterocycles. The predicted molar refractivity (Wildman–Crippen MR) is 187 cm³/mol. The molecule has 5 N–H and O–H groups in total. The van der Waals surface area contributed by atoms with Crippen LogP contribution in [0.1, 0.15) is 57.4 Å². The van der Waals surface area contributed by atoms with Crippen LogP contribution in [-0.2, 0) is 28.7 Å². The quantitative estimate of drug-likeness (QED) is 0.190. The Kier molecular flexibility index (Phi) is 13.4. The summed E-state index contributed by atoms with van der Waals surface area (Å²) in [6.45, 7) is 9.09. The first-order chi connectivity index (χ1) is 24.2. The molecule has 0 radical (unpaired) electrons. The van der Waals surface area contributed by atoms with Crippen molar-refractivity contribution < 1.29 is 33.0 Å². The van der Waals surface area contributed by atoms with E-state index in [0.717, 1.165) is 38.8 Å². The Balaban J connectivity index is 1.30. The lowest BCUT2D eigenvalue weighted by Crippen LogP contribution is -2.53. The maximum absolute atomic E-state index is 15.8. The van der Waals surface area contributed by atoms with E-state index in [2.05, 4.69) is 25.8 Å². The average molecular weight is 698 g/mol. The van der Waals surface area contributed by atoms with Crippen molar-refractivity contribution in [3.05, 3.63) is 41.9 Å². The zero-order valence-corrected chi connectivity index (χ0v) is 29.2. The van der Waals surface area contributed by atoms with Crippen LogP contribution in [0.15, 0.2) is 35.5 Å². The van der Waals surface area contributed by atoms with Gasteiger partial charge in [0, 0.05) is 45.1 Å². The number of amides is 4. The van der Waals surface area contributed by atoms with Gasteiger partial charge in [-0.25, -0.2) is 4.39 Å². The van der Waals surface area contributed by atoms with Crippen molar-refractivity contribution >= 4 is 35.0 Å². The van der Waals surface area contributed by atoms with Crippen LogP contribution in [0.2, 0.25) is 0 Å². The molecule has 50 heavy (non-hydrogen) atoms. The highest BCUT2D eigenvalue weighted by molar-refractivity contribution is 6.43. The maximum atomic E-state index is 15.8. The third kappa shape index (κ3) is 10.1. The smallest absolute Gasteiger partial charge is 0.270 e. The summed E-state index contributed by atoms with van der Waals surface area (Å²) in [7, 11) is 0. The number of hydrogen-bond donors (Lipinski definition) is 4. The molecule has 0 bridgehead atoms. The van der Waals surface area contributed by atoms with E-state index in [9.17, 15) is 19.2 Å². The summed E-state index contributed by atoms with van der Waals surface area (Å²) >= 11 is 0. The Labute approximate surface area is 293 Å². The second kappa shape index (κ2) is 17.9. The Morgan fingerprint density at radius 1 is 0.980 bits per heavy atom. The van der Waals surface area contributed by atoms with Gasteiger partial charge >= 0.3 is 0 Å². The number of hydrogen-bond acceptors (Lipinski definition) is 9. The van der Waals surface area contributed by atoms with Gasteiger partial charge in [-0.2, -0.15) is 0 Å². The molecule has 2 aliphatic heterocycles. The number of carbonyl (C=O) groups excluding carboxylic acids is 4. The molecule has 0 spiro atoms. The van der Waals surface area contributed by atoms with E-state index in [1.54, 1.807) is 24.8 Å². The Morgan fingerprint density at radius 3 is 2.20 bits per heavy atom. The highest BCUT2D eigenvalue weighted by atomic mass is 19.1. The van der Waals surface area contributed by atoms with Gasteiger partial charge < -0.3 is 36.1 Å². The second-order valence-corrected chi connectivity index (χ2v) is 13.6. The summed E-state index contributed by atoms with van der Waals surface area (Å²) in [5, 5.41) is 8.51. The molecule has 4 fully saturated rings. The van der Waals surface area contributed by atoms with E-state index in [1.165, 1.54) is 24.4 Å². The summed E-state index contributed by atoms with van der Waals surface area (Å²) in [4.78, 5) is 61.8. The number of ether oxygens (including phenoxy) is 2. The lowest BCUT2D eigenvalue weighted by molar-refractivity contribution is -0.140. The van der Waals surface area contributed by atoms with Crippen LogP contribution in [0.4, 0.5) is 10.1 Å². The third-order valence-corrected chi connectivity index (χ3v) is 10.1. The number of halogens is 1. The van der Waals surface area contributed by atoms with Gasteiger partial charge in [0.1, 0.15) is 23.6 Å². The monoisotopic (exact) mass is 697 g/mol. The maximum Gasteiger partial charge on any atom is 0.270 e. The van der Waals surface area contributed by atoms with E-state index in [0.29, 0.717) is 70.0 Å². The van der Waals surface area contributed by atoms with Crippen LogP contribution in [0.5, 0.6) is 0 Å². The summed E-state index contributed by atoms with van der Waals surface area (Å²) in [5.41, 5.74) is 6.26. The highest BCUT2D eigenvalue weighted by Crippen LogP contribution is 2.51. The SMILES string of the molecule is CCC(=O)N[C@@H](C(=O)N1CCOCC1)[C@@H](C)c1ccc(NC(=O)[C@@H](NC(=O)C(/C=C\N)=NCCN2CCOCC2)C(C2CC2)C2CC2)c(F)c1. The lowest BCUT2D eigenvalue weighted by Gasteiger charge is -2.33. The molecule has 0 unspecified atom stereocenters. The van der Waals surface area contributed by atoms with Crippen molar-refractivity contribution in [2.75, 3.05) is 71.0 Å². The molecule has 274 valence electrons. The molecule has 1 aromatic rings. The van der Waals surface area contributed by atoms with Crippen LogP contribution < -0.4 is 21.7 Å². The van der Waals surface area contributed by atoms with Gasteiger partial charge in [0.05, 0.1) is 38.7 Å². The molecule has 1 aromatic carbocycles. The molecule has 4 aliphatic rings. The van der Waals surface area contributed by atoms with Gasteiger partial charge in [0.25, 0.3) is 5.91 Å². The first-order valence-corrected chi connectivity index (χ1v) is 18.0. The van der Waals surface area contributed by atoms with Crippen LogP contribution in [-0.4, -0.2) is 117 Å². The van der Waals surface area contributed by atoms with Gasteiger partial charge in [-0.05, 0) is 73.4 Å². The molecular formula is C36H52FN7O6. The molecule has 2 aliphatic carbocycles. The normalized spacial score (nSPS) is 20.7. The molecule has 2 saturated carbocycles. The summed E-state index contributed by atoms with van der Waals surface area (Å²) in [5.74, 6) is -2.25. The zero-order chi connectivity index (χ0) is 35.6. The molecule has 3 atom stereocenters. The largest absolute Gasteiger partial charge is 0.405 e. The predicted octanol–water partition coefficient (Wildman–Crippen LogP) is 1.79. The van der Waals surface area contributed by atoms with Gasteiger partial charge in [-0.3, -0.25) is 29.1 Å². The third-order valence-electron chi connectivity index (χ3n) is 10.1. The van der Waals surface area contributed by atoms with Crippen molar-refractivity contribution in [2.24, 2.45) is 28.5 Å². The number of nitrogens with two attached hydrogens (primary N) is 1. The summed E-state index contributed by atoms with van der Waals surface area (Å²) in [6, 6.07) is 2.62. The standard InChI is InChI=1S/C36H52FN7O6/c1-3-30(45)41-32(36(48)44-16-20-50-21-17-44)23(2)26-8-9-28(27(37)22-26)40-35(47)33(31(24-4-5-24)25-6-7-25)42-34(46)29(10-11-38)39-12-13-43-14-18-49-19-15-43/h8-11,22-25,31-33H,3-7,12-21,38H2,1-2H3,(H,40,47)(H,41,45)(H,42,46)/b11-10-,39-29?/t23-,32+,33-/m0/s1. The van der Waals surface area contributed by atoms with E-state index in [4.69, 9.17) is 15.2 Å². The minimum Gasteiger partial charge on any atom is -0.405 e. The fourth-order valence-corrected chi connectivity index (χ4v) is 6.85. The topological polar surface area (TPSA) is 168 Å². The number of rotatable bonds is 16. The molecule has 2 heterocycles. The van der Waals surface area contributed by atoms with Crippen molar-refractivity contribution in [1.29, 1.82) is 0 Å². The van der Waals surface area contributed by atoms with Crippen molar-refractivity contribution in [1.82, 2.24) is 20.4 Å². The highest BCUT2D eigenvalue weighted by Gasteiger charge is 2.48. The van der Waals surface area contributed by atoms with Crippen LogP contribution in [0.25, 0.3) is 0 Å². The Bertz CT molecular complexity index is 1410. The van der Waals surface area contributed by atoms with Crippen molar-refractivity contribution in [3.8, 4) is 0 Å². The van der Waals surface area contributed by atoms with Crippen molar-refractivity contribution in [2.45, 2.75) is 64.0 Å². The van der Waals surface area contributed by atoms with Crippen LogP contribution >= 0.6 is 0 Å². The van der Waals surface area contributed by atoms with E-state index in [1.807, 2.05) is 0 Å². The van der Waals surface area contributed by atoms with E-state index < -0.39 is 35.6 Å². The Hall–Kier alpha value is -3.88. The number of carbonyl (C=O) groups is 4. The summed E-state index contributed by atoms with van der Waals surface area (Å²) < 4.78 is 26.5. The average Bonchev–Trinajstić information content (AvgIpc) is 4.07. The number of nitrogens with zero attached hydrogens (tertiary/aromatic N) is 3. The van der Waals surface area contributed by atoms with Crippen molar-refractivity contribution in [3.63, 3.8) is 0 Å². The van der Waals surface area contributed by atoms with E-state index in [-0.39, 0.29) is 35.6 Å². The Morgan fingerprint density at radius 2 is 1.62 bits per heavy atom. The van der Waals surface area contributed by atoms with Gasteiger partial charge in [0.15, 0.2) is 0 Å².